The van der Waals surface area contributed by atoms with Crippen LogP contribution in [-0.2, 0) is 4.79 Å². The van der Waals surface area contributed by atoms with Crippen molar-refractivity contribution < 1.29 is 4.79 Å². The van der Waals surface area contributed by atoms with Crippen LogP contribution < -0.4 is 10.6 Å². The van der Waals surface area contributed by atoms with Gasteiger partial charge < -0.3 is 10.6 Å². The Kier molecular flexibility index (Phi) is 4.45. The van der Waals surface area contributed by atoms with Crippen molar-refractivity contribution in [2.75, 3.05) is 18.1 Å². The maximum atomic E-state index is 11.9. The van der Waals surface area contributed by atoms with Crippen molar-refractivity contribution in [2.24, 2.45) is 0 Å². The summed E-state index contributed by atoms with van der Waals surface area (Å²) in [6, 6.07) is 8.26. The zero-order valence-electron chi connectivity index (χ0n) is 10.0. The summed E-state index contributed by atoms with van der Waals surface area (Å²) < 4.78 is 0. The van der Waals surface area contributed by atoms with Crippen molar-refractivity contribution in [3.05, 3.63) is 24.3 Å². The van der Waals surface area contributed by atoms with Gasteiger partial charge in [-0.1, -0.05) is 12.1 Å². The smallest absolute Gasteiger partial charge is 0.225 e. The molecule has 2 N–H and O–H groups in total. The van der Waals surface area contributed by atoms with Gasteiger partial charge >= 0.3 is 0 Å². The molecule has 1 unspecified atom stereocenters. The van der Waals surface area contributed by atoms with E-state index in [0.717, 1.165) is 23.5 Å². The first-order valence-electron chi connectivity index (χ1n) is 5.96. The Labute approximate surface area is 106 Å². The Morgan fingerprint density at radius 2 is 2.35 bits per heavy atom. The van der Waals surface area contributed by atoms with Gasteiger partial charge in [-0.25, -0.2) is 0 Å². The Hall–Kier alpha value is -1.00. The molecule has 0 saturated carbocycles. The zero-order valence-corrected chi connectivity index (χ0v) is 10.8. The standard InChI is InChI=1S/C13H18N2OS/c1-17-12-7-3-2-6-11(12)15-13(16)9-10-5-4-8-14-10/h2-3,6-7,10,14H,4-5,8-9H2,1H3,(H,15,16). The third-order valence-corrected chi connectivity index (χ3v) is 3.77. The van der Waals surface area contributed by atoms with Crippen LogP contribution in [0.4, 0.5) is 5.69 Å². The summed E-state index contributed by atoms with van der Waals surface area (Å²) >= 11 is 1.65. The minimum Gasteiger partial charge on any atom is -0.325 e. The van der Waals surface area contributed by atoms with E-state index in [-0.39, 0.29) is 5.91 Å². The lowest BCUT2D eigenvalue weighted by atomic mass is 10.1. The number of benzene rings is 1. The van der Waals surface area contributed by atoms with Crippen LogP contribution in [0.3, 0.4) is 0 Å². The molecule has 1 atom stereocenters. The molecule has 2 rings (SSSR count). The second kappa shape index (κ2) is 6.07. The lowest BCUT2D eigenvalue weighted by Gasteiger charge is -2.12. The van der Waals surface area contributed by atoms with Gasteiger partial charge in [-0.15, -0.1) is 11.8 Å². The largest absolute Gasteiger partial charge is 0.325 e. The molecule has 3 nitrogen and oxygen atoms in total. The summed E-state index contributed by atoms with van der Waals surface area (Å²) in [5.74, 6) is 0.103. The van der Waals surface area contributed by atoms with Gasteiger partial charge in [0.2, 0.25) is 5.91 Å². The lowest BCUT2D eigenvalue weighted by molar-refractivity contribution is -0.116. The van der Waals surface area contributed by atoms with Crippen LogP contribution in [0.2, 0.25) is 0 Å². The molecule has 17 heavy (non-hydrogen) atoms. The molecule has 1 fully saturated rings. The number of hydrogen-bond donors (Lipinski definition) is 2. The van der Waals surface area contributed by atoms with Crippen LogP contribution in [0.1, 0.15) is 19.3 Å². The average Bonchev–Trinajstić information content (AvgIpc) is 2.82. The van der Waals surface area contributed by atoms with Gasteiger partial charge in [0.05, 0.1) is 5.69 Å². The van der Waals surface area contributed by atoms with Crippen LogP contribution in [-0.4, -0.2) is 24.7 Å². The second-order valence-corrected chi connectivity index (χ2v) is 5.09. The van der Waals surface area contributed by atoms with Crippen LogP contribution in [0.25, 0.3) is 0 Å². The fourth-order valence-electron chi connectivity index (χ4n) is 2.10. The minimum atomic E-state index is 0.103. The summed E-state index contributed by atoms with van der Waals surface area (Å²) in [5, 5.41) is 6.32. The van der Waals surface area contributed by atoms with Crippen LogP contribution in [0.5, 0.6) is 0 Å². The fourth-order valence-corrected chi connectivity index (χ4v) is 2.66. The number of amides is 1. The summed E-state index contributed by atoms with van der Waals surface area (Å²) in [4.78, 5) is 13.0. The molecule has 92 valence electrons. The number of hydrogen-bond acceptors (Lipinski definition) is 3. The summed E-state index contributed by atoms with van der Waals surface area (Å²) in [7, 11) is 0. The topological polar surface area (TPSA) is 41.1 Å². The number of para-hydroxylation sites is 1. The molecule has 0 spiro atoms. The van der Waals surface area contributed by atoms with Crippen molar-refractivity contribution in [3.63, 3.8) is 0 Å². The van der Waals surface area contributed by atoms with E-state index in [9.17, 15) is 4.79 Å². The maximum absolute atomic E-state index is 11.9. The number of rotatable bonds is 4. The molecule has 1 saturated heterocycles. The van der Waals surface area contributed by atoms with Gasteiger partial charge in [-0.2, -0.15) is 0 Å². The first kappa shape index (κ1) is 12.5. The van der Waals surface area contributed by atoms with E-state index < -0.39 is 0 Å². The van der Waals surface area contributed by atoms with E-state index >= 15 is 0 Å². The quantitative estimate of drug-likeness (QED) is 0.807. The monoisotopic (exact) mass is 250 g/mol. The van der Waals surface area contributed by atoms with E-state index in [1.54, 1.807) is 11.8 Å². The average molecular weight is 250 g/mol. The predicted molar refractivity (Wildman–Crippen MR) is 72.5 cm³/mol. The summed E-state index contributed by atoms with van der Waals surface area (Å²) in [6.07, 6.45) is 4.88. The zero-order chi connectivity index (χ0) is 12.1. The van der Waals surface area contributed by atoms with Gasteiger partial charge in [-0.05, 0) is 37.8 Å². The lowest BCUT2D eigenvalue weighted by Crippen LogP contribution is -2.27. The van der Waals surface area contributed by atoms with Gasteiger partial charge in [-0.3, -0.25) is 4.79 Å². The number of nitrogens with one attached hydrogen (secondary N) is 2. The van der Waals surface area contributed by atoms with Gasteiger partial charge in [0.15, 0.2) is 0 Å². The highest BCUT2D eigenvalue weighted by atomic mass is 32.2. The Bertz CT molecular complexity index is 389. The highest BCUT2D eigenvalue weighted by molar-refractivity contribution is 7.98. The van der Waals surface area contributed by atoms with Crippen LogP contribution in [0, 0.1) is 0 Å². The SMILES string of the molecule is CSc1ccccc1NC(=O)CC1CCCN1. The predicted octanol–water partition coefficient (Wildman–Crippen LogP) is 2.49. The Morgan fingerprint density at radius 3 is 3.06 bits per heavy atom. The van der Waals surface area contributed by atoms with Crippen LogP contribution in [0.15, 0.2) is 29.2 Å². The van der Waals surface area contributed by atoms with E-state index in [4.69, 9.17) is 0 Å². The van der Waals surface area contributed by atoms with E-state index in [0.29, 0.717) is 12.5 Å². The number of anilines is 1. The second-order valence-electron chi connectivity index (χ2n) is 4.25. The number of carbonyl (C=O) groups excluding carboxylic acids is 1. The third kappa shape index (κ3) is 3.48. The molecule has 0 aromatic heterocycles. The van der Waals surface area contributed by atoms with Crippen LogP contribution >= 0.6 is 11.8 Å². The van der Waals surface area contributed by atoms with E-state index in [1.807, 2.05) is 30.5 Å². The molecule has 0 radical (unpaired) electrons. The molecular weight excluding hydrogens is 232 g/mol. The highest BCUT2D eigenvalue weighted by Crippen LogP contribution is 2.24. The van der Waals surface area contributed by atoms with Gasteiger partial charge in [0, 0.05) is 17.4 Å². The van der Waals surface area contributed by atoms with Crippen molar-refractivity contribution in [3.8, 4) is 0 Å². The van der Waals surface area contributed by atoms with E-state index in [1.165, 1.54) is 6.42 Å². The van der Waals surface area contributed by atoms with Gasteiger partial charge in [0.25, 0.3) is 0 Å². The van der Waals surface area contributed by atoms with Crippen molar-refractivity contribution >= 4 is 23.4 Å². The molecule has 0 aliphatic carbocycles. The molecule has 1 aromatic carbocycles. The molecule has 1 aromatic rings. The van der Waals surface area contributed by atoms with E-state index in [2.05, 4.69) is 10.6 Å². The first-order valence-corrected chi connectivity index (χ1v) is 7.18. The molecular formula is C13H18N2OS. The highest BCUT2D eigenvalue weighted by Gasteiger charge is 2.17. The van der Waals surface area contributed by atoms with Gasteiger partial charge in [0.1, 0.15) is 0 Å². The molecule has 1 aliphatic heterocycles. The molecule has 1 aliphatic rings. The third-order valence-electron chi connectivity index (χ3n) is 2.98. The maximum Gasteiger partial charge on any atom is 0.225 e. The number of thioether (sulfide) groups is 1. The normalized spacial score (nSPS) is 19.2. The van der Waals surface area contributed by atoms with Crippen molar-refractivity contribution in [2.45, 2.75) is 30.2 Å². The summed E-state index contributed by atoms with van der Waals surface area (Å²) in [6.45, 7) is 1.04. The van der Waals surface area contributed by atoms with Crippen molar-refractivity contribution in [1.82, 2.24) is 5.32 Å². The molecule has 1 heterocycles. The fraction of sp³-hybridized carbons (Fsp3) is 0.462. The minimum absolute atomic E-state index is 0.103. The summed E-state index contributed by atoms with van der Waals surface area (Å²) in [5.41, 5.74) is 0.919. The Morgan fingerprint density at radius 1 is 1.53 bits per heavy atom. The van der Waals surface area contributed by atoms with Crippen molar-refractivity contribution in [1.29, 1.82) is 0 Å². The first-order chi connectivity index (χ1) is 8.29. The molecule has 1 amide bonds. The molecule has 0 bridgehead atoms. The number of carbonyl (C=O) groups is 1. The molecule has 4 heteroatoms. The Balaban J connectivity index is 1.92.